The molecule has 0 unspecified atom stereocenters. The van der Waals surface area contributed by atoms with Crippen LogP contribution in [-0.2, 0) is 6.18 Å². The van der Waals surface area contributed by atoms with E-state index in [-0.39, 0.29) is 37.4 Å². The van der Waals surface area contributed by atoms with E-state index in [9.17, 15) is 31.5 Å². The second kappa shape index (κ2) is 8.88. The zero-order valence-corrected chi connectivity index (χ0v) is 17.9. The van der Waals surface area contributed by atoms with Crippen molar-refractivity contribution in [1.29, 1.82) is 0 Å². The van der Waals surface area contributed by atoms with E-state index in [0.717, 1.165) is 30.0 Å². The van der Waals surface area contributed by atoms with Gasteiger partial charge >= 0.3 is 6.18 Å². The topological polar surface area (TPSA) is 58.4 Å². The molecule has 0 atom stereocenters. The fourth-order valence-electron chi connectivity index (χ4n) is 3.75. The van der Waals surface area contributed by atoms with Gasteiger partial charge in [-0.1, -0.05) is 17.7 Å². The second-order valence-electron chi connectivity index (χ2n) is 7.87. The summed E-state index contributed by atoms with van der Waals surface area (Å²) in [6.07, 6.45) is -3.94. The lowest BCUT2D eigenvalue weighted by Crippen LogP contribution is -2.50. The Morgan fingerprint density at radius 2 is 1.44 bits per heavy atom. The van der Waals surface area contributed by atoms with E-state index in [1.165, 1.54) is 21.9 Å². The van der Waals surface area contributed by atoms with Crippen LogP contribution in [0, 0.1) is 18.6 Å². The molecule has 0 aliphatic carbocycles. The molecule has 0 bridgehead atoms. The van der Waals surface area contributed by atoms with Crippen LogP contribution >= 0.6 is 0 Å². The van der Waals surface area contributed by atoms with Crippen molar-refractivity contribution >= 4 is 11.8 Å². The molecule has 1 aliphatic heterocycles. The SMILES string of the molecule is Cc1ccc(-n2ncc(C(=O)N3CCN(C(=O)c4ccc(F)c(F)c4)CC3)c2C(F)(F)F)cc1. The van der Waals surface area contributed by atoms with Gasteiger partial charge in [0.25, 0.3) is 11.8 Å². The van der Waals surface area contributed by atoms with Gasteiger partial charge < -0.3 is 9.80 Å². The van der Waals surface area contributed by atoms with Gasteiger partial charge in [-0.3, -0.25) is 9.59 Å². The minimum atomic E-state index is -4.84. The van der Waals surface area contributed by atoms with Gasteiger partial charge in [-0.05, 0) is 37.3 Å². The van der Waals surface area contributed by atoms with Crippen molar-refractivity contribution in [1.82, 2.24) is 19.6 Å². The van der Waals surface area contributed by atoms with Crippen molar-refractivity contribution in [2.24, 2.45) is 0 Å². The lowest BCUT2D eigenvalue weighted by Gasteiger charge is -2.34. The third-order valence-corrected chi connectivity index (χ3v) is 5.57. The minimum absolute atomic E-state index is 0.0248. The maximum Gasteiger partial charge on any atom is 0.434 e. The summed E-state index contributed by atoms with van der Waals surface area (Å²) in [5.41, 5.74) is -0.803. The van der Waals surface area contributed by atoms with E-state index in [1.807, 2.05) is 0 Å². The number of piperazine rings is 1. The molecule has 3 aromatic rings. The first-order valence-corrected chi connectivity index (χ1v) is 10.3. The molecule has 0 N–H and O–H groups in total. The van der Waals surface area contributed by atoms with Crippen LogP contribution in [0.2, 0.25) is 0 Å². The monoisotopic (exact) mass is 478 g/mol. The largest absolute Gasteiger partial charge is 0.434 e. The first-order valence-electron chi connectivity index (χ1n) is 10.3. The first-order chi connectivity index (χ1) is 16.1. The van der Waals surface area contributed by atoms with Gasteiger partial charge in [0.1, 0.15) is 0 Å². The van der Waals surface area contributed by atoms with Crippen LogP contribution in [0.4, 0.5) is 22.0 Å². The van der Waals surface area contributed by atoms with Gasteiger partial charge in [0, 0.05) is 31.7 Å². The summed E-state index contributed by atoms with van der Waals surface area (Å²) in [5.74, 6) is -3.66. The smallest absolute Gasteiger partial charge is 0.335 e. The van der Waals surface area contributed by atoms with Gasteiger partial charge in [0.05, 0.1) is 17.4 Å². The summed E-state index contributed by atoms with van der Waals surface area (Å²) in [6, 6.07) is 9.01. The molecule has 2 amide bonds. The molecule has 11 heteroatoms. The number of aryl methyl sites for hydroxylation is 1. The Hall–Kier alpha value is -3.76. The van der Waals surface area contributed by atoms with E-state index in [0.29, 0.717) is 4.68 Å². The van der Waals surface area contributed by atoms with Crippen LogP contribution in [0.1, 0.15) is 32.0 Å². The molecule has 2 aromatic carbocycles. The molecule has 1 fully saturated rings. The number of alkyl halides is 3. The number of rotatable bonds is 3. The maximum absolute atomic E-state index is 13.9. The van der Waals surface area contributed by atoms with Gasteiger partial charge in [-0.15, -0.1) is 0 Å². The van der Waals surface area contributed by atoms with Crippen LogP contribution < -0.4 is 0 Å². The molecule has 178 valence electrons. The summed E-state index contributed by atoms with van der Waals surface area (Å²) in [5, 5.41) is 3.82. The van der Waals surface area contributed by atoms with Crippen LogP contribution in [0.5, 0.6) is 0 Å². The van der Waals surface area contributed by atoms with Crippen molar-refractivity contribution < 1.29 is 31.5 Å². The summed E-state index contributed by atoms with van der Waals surface area (Å²) < 4.78 is 69.0. The molecule has 2 heterocycles. The first kappa shape index (κ1) is 23.4. The number of hydrogen-bond acceptors (Lipinski definition) is 3. The number of aromatic nitrogens is 2. The summed E-state index contributed by atoms with van der Waals surface area (Å²) in [7, 11) is 0. The predicted molar refractivity (Wildman–Crippen MR) is 111 cm³/mol. The predicted octanol–water partition coefficient (Wildman–Crippen LogP) is 4.08. The molecule has 0 spiro atoms. The number of amides is 2. The van der Waals surface area contributed by atoms with E-state index in [1.54, 1.807) is 19.1 Å². The number of hydrogen-bond donors (Lipinski definition) is 0. The number of carbonyl (C=O) groups is 2. The van der Waals surface area contributed by atoms with Crippen LogP contribution in [0.15, 0.2) is 48.7 Å². The standard InChI is InChI=1S/C23H19F5N4O2/c1-14-2-5-16(6-3-14)32-20(23(26,27)28)17(13-29-32)22(34)31-10-8-30(9-11-31)21(33)15-4-7-18(24)19(25)12-15/h2-7,12-13H,8-11H2,1H3. The summed E-state index contributed by atoms with van der Waals surface area (Å²) in [6.45, 7) is 1.79. The van der Waals surface area contributed by atoms with E-state index in [2.05, 4.69) is 5.10 Å². The average Bonchev–Trinajstić information content (AvgIpc) is 3.26. The quantitative estimate of drug-likeness (QED) is 0.534. The summed E-state index contributed by atoms with van der Waals surface area (Å²) >= 11 is 0. The zero-order chi connectivity index (χ0) is 24.6. The van der Waals surface area contributed by atoms with Crippen LogP contribution in [0.25, 0.3) is 5.69 Å². The Bertz CT molecular complexity index is 1230. The van der Waals surface area contributed by atoms with Crippen molar-refractivity contribution in [3.8, 4) is 5.69 Å². The highest BCUT2D eigenvalue weighted by Gasteiger charge is 2.42. The Labute approximate surface area is 191 Å². The molecule has 1 saturated heterocycles. The molecule has 6 nitrogen and oxygen atoms in total. The number of benzene rings is 2. The van der Waals surface area contributed by atoms with Gasteiger partial charge in [-0.25, -0.2) is 13.5 Å². The molecular formula is C23H19F5N4O2. The molecule has 34 heavy (non-hydrogen) atoms. The highest BCUT2D eigenvalue weighted by molar-refractivity contribution is 5.96. The Balaban J connectivity index is 1.52. The van der Waals surface area contributed by atoms with Crippen molar-refractivity contribution in [3.63, 3.8) is 0 Å². The van der Waals surface area contributed by atoms with Gasteiger partial charge in [-0.2, -0.15) is 18.3 Å². The maximum atomic E-state index is 13.9. The molecule has 0 radical (unpaired) electrons. The third-order valence-electron chi connectivity index (χ3n) is 5.57. The Morgan fingerprint density at radius 1 is 0.853 bits per heavy atom. The van der Waals surface area contributed by atoms with Gasteiger partial charge in [0.15, 0.2) is 17.3 Å². The highest BCUT2D eigenvalue weighted by atomic mass is 19.4. The van der Waals surface area contributed by atoms with Crippen molar-refractivity contribution in [2.45, 2.75) is 13.1 Å². The molecule has 1 aliphatic rings. The third kappa shape index (κ3) is 4.50. The summed E-state index contributed by atoms with van der Waals surface area (Å²) in [4.78, 5) is 28.1. The molecule has 1 aromatic heterocycles. The highest BCUT2D eigenvalue weighted by Crippen LogP contribution is 2.34. The lowest BCUT2D eigenvalue weighted by molar-refractivity contribution is -0.143. The number of halogens is 5. The fourth-order valence-corrected chi connectivity index (χ4v) is 3.75. The minimum Gasteiger partial charge on any atom is -0.335 e. The number of nitrogens with zero attached hydrogens (tertiary/aromatic N) is 4. The second-order valence-corrected chi connectivity index (χ2v) is 7.87. The van der Waals surface area contributed by atoms with E-state index < -0.39 is 40.9 Å². The number of carbonyl (C=O) groups excluding carboxylic acids is 2. The Morgan fingerprint density at radius 3 is 2.00 bits per heavy atom. The zero-order valence-electron chi connectivity index (χ0n) is 17.9. The lowest BCUT2D eigenvalue weighted by atomic mass is 10.1. The molecule has 0 saturated carbocycles. The molecule has 4 rings (SSSR count). The fraction of sp³-hybridized carbons (Fsp3) is 0.261. The van der Waals surface area contributed by atoms with Crippen molar-refractivity contribution in [2.75, 3.05) is 26.2 Å². The van der Waals surface area contributed by atoms with E-state index >= 15 is 0 Å². The average molecular weight is 478 g/mol. The van der Waals surface area contributed by atoms with E-state index in [4.69, 9.17) is 0 Å². The van der Waals surface area contributed by atoms with Crippen LogP contribution in [0.3, 0.4) is 0 Å². The van der Waals surface area contributed by atoms with Crippen LogP contribution in [-0.4, -0.2) is 57.6 Å². The molecular weight excluding hydrogens is 459 g/mol. The van der Waals surface area contributed by atoms with Crippen molar-refractivity contribution in [3.05, 3.63) is 82.7 Å². The Kier molecular flexibility index (Phi) is 6.11. The van der Waals surface area contributed by atoms with Gasteiger partial charge in [0.2, 0.25) is 0 Å². The normalized spacial score (nSPS) is 14.4.